The van der Waals surface area contributed by atoms with Gasteiger partial charge in [-0.2, -0.15) is 4.98 Å². The van der Waals surface area contributed by atoms with Crippen LogP contribution in [0.5, 0.6) is 5.75 Å². The highest BCUT2D eigenvalue weighted by molar-refractivity contribution is 5.47. The van der Waals surface area contributed by atoms with E-state index in [4.69, 9.17) is 4.74 Å². The van der Waals surface area contributed by atoms with E-state index in [0.29, 0.717) is 11.9 Å². The van der Waals surface area contributed by atoms with Gasteiger partial charge in [0.05, 0.1) is 6.61 Å². The Bertz CT molecular complexity index is 657. The molecule has 2 aromatic rings. The number of aryl methyl sites for hydroxylation is 1. The Labute approximate surface area is 131 Å². The average molecular weight is 298 g/mol. The number of para-hydroxylation sites is 1. The third-order valence-electron chi connectivity index (χ3n) is 3.87. The maximum atomic E-state index is 5.82. The lowest BCUT2D eigenvalue weighted by molar-refractivity contribution is 0.229. The minimum atomic E-state index is 0.433. The highest BCUT2D eigenvalue weighted by Crippen LogP contribution is 2.26. The van der Waals surface area contributed by atoms with E-state index in [-0.39, 0.29) is 0 Å². The summed E-state index contributed by atoms with van der Waals surface area (Å²) in [4.78, 5) is 10.9. The van der Waals surface area contributed by atoms with Crippen LogP contribution in [0.15, 0.2) is 30.5 Å². The smallest absolute Gasteiger partial charge is 0.224 e. The fourth-order valence-corrected chi connectivity index (χ4v) is 2.73. The number of nitrogens with zero attached hydrogens (tertiary/aromatic N) is 3. The molecule has 1 aromatic heterocycles. The molecule has 2 heterocycles. The van der Waals surface area contributed by atoms with Crippen LogP contribution in [0.25, 0.3) is 0 Å². The minimum absolute atomic E-state index is 0.433. The van der Waals surface area contributed by atoms with Crippen molar-refractivity contribution in [2.24, 2.45) is 5.92 Å². The number of fused-ring (bicyclic) bond motifs is 1. The van der Waals surface area contributed by atoms with Crippen molar-refractivity contribution in [1.82, 2.24) is 9.97 Å². The summed E-state index contributed by atoms with van der Waals surface area (Å²) in [6, 6.07) is 8.24. The zero-order valence-electron chi connectivity index (χ0n) is 13.3. The van der Waals surface area contributed by atoms with Crippen molar-refractivity contribution in [3.8, 4) is 5.75 Å². The third kappa shape index (κ3) is 3.13. The van der Waals surface area contributed by atoms with Crippen molar-refractivity contribution < 1.29 is 4.74 Å². The van der Waals surface area contributed by atoms with Gasteiger partial charge in [-0.05, 0) is 25.0 Å². The molecule has 0 aliphatic carbocycles. The van der Waals surface area contributed by atoms with Gasteiger partial charge in [0.15, 0.2) is 0 Å². The largest absolute Gasteiger partial charge is 0.493 e. The molecule has 1 atom stereocenters. The molecule has 22 heavy (non-hydrogen) atoms. The van der Waals surface area contributed by atoms with Crippen LogP contribution in [-0.2, 0) is 6.42 Å². The second-order valence-corrected chi connectivity index (χ2v) is 5.96. The van der Waals surface area contributed by atoms with E-state index < -0.39 is 0 Å². The summed E-state index contributed by atoms with van der Waals surface area (Å²) in [6.07, 6.45) is 2.88. The maximum Gasteiger partial charge on any atom is 0.224 e. The fourth-order valence-electron chi connectivity index (χ4n) is 2.73. The summed E-state index contributed by atoms with van der Waals surface area (Å²) in [5, 5.41) is 3.34. The Morgan fingerprint density at radius 2 is 2.14 bits per heavy atom. The van der Waals surface area contributed by atoms with E-state index in [1.165, 1.54) is 5.56 Å². The van der Waals surface area contributed by atoms with Crippen molar-refractivity contribution in [2.75, 3.05) is 37.5 Å². The van der Waals surface area contributed by atoms with Gasteiger partial charge >= 0.3 is 0 Å². The quantitative estimate of drug-likeness (QED) is 0.940. The number of anilines is 2. The second-order valence-electron chi connectivity index (χ2n) is 5.96. The Kier molecular flexibility index (Phi) is 4.13. The van der Waals surface area contributed by atoms with Crippen molar-refractivity contribution in [2.45, 2.75) is 13.3 Å². The first-order valence-corrected chi connectivity index (χ1v) is 7.59. The SMILES string of the molecule is Cc1cnc(NC[C@@H]2COc3ccccc3C2)nc1N(C)C. The lowest BCUT2D eigenvalue weighted by Crippen LogP contribution is -2.28. The van der Waals surface area contributed by atoms with E-state index in [1.54, 1.807) is 0 Å². The summed E-state index contributed by atoms with van der Waals surface area (Å²) in [6.45, 7) is 3.56. The van der Waals surface area contributed by atoms with Crippen molar-refractivity contribution in [1.29, 1.82) is 0 Å². The average Bonchev–Trinajstić information content (AvgIpc) is 2.53. The Morgan fingerprint density at radius 1 is 1.32 bits per heavy atom. The molecule has 0 spiro atoms. The molecule has 0 radical (unpaired) electrons. The number of aromatic nitrogens is 2. The molecular weight excluding hydrogens is 276 g/mol. The van der Waals surface area contributed by atoms with Crippen LogP contribution in [-0.4, -0.2) is 37.2 Å². The molecule has 0 unspecified atom stereocenters. The van der Waals surface area contributed by atoms with E-state index in [9.17, 15) is 0 Å². The number of hydrogen-bond donors (Lipinski definition) is 1. The molecule has 0 saturated carbocycles. The summed E-state index contributed by atoms with van der Waals surface area (Å²) in [5.41, 5.74) is 2.35. The van der Waals surface area contributed by atoms with Gasteiger partial charge in [-0.15, -0.1) is 0 Å². The van der Waals surface area contributed by atoms with E-state index in [1.807, 2.05) is 44.2 Å². The molecule has 0 fully saturated rings. The molecule has 1 aliphatic heterocycles. The van der Waals surface area contributed by atoms with Crippen LogP contribution in [0.2, 0.25) is 0 Å². The summed E-state index contributed by atoms with van der Waals surface area (Å²) in [7, 11) is 3.98. The van der Waals surface area contributed by atoms with Crippen LogP contribution < -0.4 is 15.0 Å². The van der Waals surface area contributed by atoms with Gasteiger partial charge in [-0.1, -0.05) is 18.2 Å². The van der Waals surface area contributed by atoms with Gasteiger partial charge in [-0.3, -0.25) is 0 Å². The molecule has 0 bridgehead atoms. The lowest BCUT2D eigenvalue weighted by atomic mass is 9.97. The van der Waals surface area contributed by atoms with Crippen LogP contribution in [0.4, 0.5) is 11.8 Å². The minimum Gasteiger partial charge on any atom is -0.493 e. The molecule has 0 amide bonds. The number of benzene rings is 1. The number of rotatable bonds is 4. The molecule has 1 N–H and O–H groups in total. The van der Waals surface area contributed by atoms with Crippen LogP contribution >= 0.6 is 0 Å². The van der Waals surface area contributed by atoms with Crippen molar-refractivity contribution in [3.63, 3.8) is 0 Å². The molecular formula is C17H22N4O. The lowest BCUT2D eigenvalue weighted by Gasteiger charge is -2.25. The highest BCUT2D eigenvalue weighted by atomic mass is 16.5. The molecule has 116 valence electrons. The number of nitrogens with one attached hydrogen (secondary N) is 1. The third-order valence-corrected chi connectivity index (χ3v) is 3.87. The van der Waals surface area contributed by atoms with E-state index in [0.717, 1.165) is 36.7 Å². The topological polar surface area (TPSA) is 50.3 Å². The van der Waals surface area contributed by atoms with Gasteiger partial charge in [0.1, 0.15) is 11.6 Å². The van der Waals surface area contributed by atoms with Gasteiger partial charge in [0.2, 0.25) is 5.95 Å². The predicted octanol–water partition coefficient (Wildman–Crippen LogP) is 2.51. The van der Waals surface area contributed by atoms with Crippen LogP contribution in [0.1, 0.15) is 11.1 Å². The predicted molar refractivity (Wildman–Crippen MR) is 88.7 cm³/mol. The number of ether oxygens (including phenoxy) is 1. The normalized spacial score (nSPS) is 16.6. The van der Waals surface area contributed by atoms with Crippen LogP contribution in [0.3, 0.4) is 0 Å². The highest BCUT2D eigenvalue weighted by Gasteiger charge is 2.19. The Morgan fingerprint density at radius 3 is 2.95 bits per heavy atom. The molecule has 1 aliphatic rings. The fraction of sp³-hybridized carbons (Fsp3) is 0.412. The maximum absolute atomic E-state index is 5.82. The first-order valence-electron chi connectivity index (χ1n) is 7.59. The van der Waals surface area contributed by atoms with Gasteiger partial charge in [0.25, 0.3) is 0 Å². The molecule has 0 saturated heterocycles. The van der Waals surface area contributed by atoms with Gasteiger partial charge in [-0.25, -0.2) is 4.98 Å². The molecule has 1 aromatic carbocycles. The summed E-state index contributed by atoms with van der Waals surface area (Å²) >= 11 is 0. The first-order chi connectivity index (χ1) is 10.6. The Balaban J connectivity index is 1.63. The van der Waals surface area contributed by atoms with Crippen molar-refractivity contribution in [3.05, 3.63) is 41.6 Å². The zero-order chi connectivity index (χ0) is 15.5. The summed E-state index contributed by atoms with van der Waals surface area (Å²) < 4.78 is 5.82. The molecule has 3 rings (SSSR count). The molecule has 5 nitrogen and oxygen atoms in total. The second kappa shape index (κ2) is 6.22. The zero-order valence-corrected chi connectivity index (χ0v) is 13.3. The van der Waals surface area contributed by atoms with E-state index >= 15 is 0 Å². The standard InChI is InChI=1S/C17H22N4O/c1-12-9-18-17(20-16(12)21(2)3)19-10-13-8-14-6-4-5-7-15(14)22-11-13/h4-7,9,13H,8,10-11H2,1-3H3,(H,18,19,20)/t13-/m1/s1. The first kappa shape index (κ1) is 14.6. The summed E-state index contributed by atoms with van der Waals surface area (Å²) in [5.74, 6) is 3.07. The van der Waals surface area contributed by atoms with Crippen molar-refractivity contribution >= 4 is 11.8 Å². The van der Waals surface area contributed by atoms with Gasteiger partial charge < -0.3 is 15.0 Å². The van der Waals surface area contributed by atoms with Gasteiger partial charge in [0, 0.05) is 38.3 Å². The molecule has 5 heteroatoms. The van der Waals surface area contributed by atoms with E-state index in [2.05, 4.69) is 27.4 Å². The Hall–Kier alpha value is -2.30. The number of hydrogen-bond acceptors (Lipinski definition) is 5. The monoisotopic (exact) mass is 298 g/mol. The van der Waals surface area contributed by atoms with Crippen LogP contribution in [0, 0.1) is 12.8 Å².